The molecular weight excluding hydrogens is 262 g/mol. The molecular formula is C12H19N5O3. The number of amides is 2. The predicted octanol–water partition coefficient (Wildman–Crippen LogP) is 0.495. The molecule has 0 bridgehead atoms. The first-order valence-corrected chi connectivity index (χ1v) is 6.75. The first kappa shape index (κ1) is 14.3. The number of nitrogens with zero attached hydrogens (tertiary/aromatic N) is 2. The molecule has 0 aromatic carbocycles. The van der Waals surface area contributed by atoms with Crippen molar-refractivity contribution in [2.75, 3.05) is 6.54 Å². The fraction of sp³-hybridized carbons (Fsp3) is 0.667. The van der Waals surface area contributed by atoms with Crippen molar-refractivity contribution in [2.45, 2.75) is 32.2 Å². The van der Waals surface area contributed by atoms with Crippen molar-refractivity contribution < 1.29 is 14.7 Å². The number of carboxylic acid groups (broad SMARTS) is 1. The van der Waals surface area contributed by atoms with Crippen LogP contribution in [0.3, 0.4) is 0 Å². The van der Waals surface area contributed by atoms with E-state index in [0.717, 1.165) is 19.3 Å². The van der Waals surface area contributed by atoms with Crippen molar-refractivity contribution >= 4 is 12.0 Å². The number of carboxylic acids is 1. The maximum absolute atomic E-state index is 11.6. The second-order valence-electron chi connectivity index (χ2n) is 4.99. The first-order chi connectivity index (χ1) is 9.66. The first-order valence-electron chi connectivity index (χ1n) is 6.75. The molecule has 1 saturated carbocycles. The van der Waals surface area contributed by atoms with E-state index in [-0.39, 0.29) is 24.4 Å². The molecule has 8 nitrogen and oxygen atoms in total. The van der Waals surface area contributed by atoms with Gasteiger partial charge in [-0.15, -0.1) is 0 Å². The minimum absolute atomic E-state index is 0.0114. The summed E-state index contributed by atoms with van der Waals surface area (Å²) in [6, 6.07) is -0.323. The number of aromatic nitrogens is 3. The molecule has 2 rings (SSSR count). The third-order valence-electron chi connectivity index (χ3n) is 3.63. The number of aromatic amines is 1. The molecule has 2 atom stereocenters. The smallest absolute Gasteiger partial charge is 0.315 e. The fourth-order valence-electron chi connectivity index (χ4n) is 2.54. The number of rotatable bonds is 5. The van der Waals surface area contributed by atoms with Crippen LogP contribution < -0.4 is 10.6 Å². The van der Waals surface area contributed by atoms with Crippen LogP contribution in [0.2, 0.25) is 0 Å². The van der Waals surface area contributed by atoms with E-state index in [9.17, 15) is 9.59 Å². The monoisotopic (exact) mass is 281 g/mol. The van der Waals surface area contributed by atoms with Crippen LogP contribution in [0.4, 0.5) is 4.79 Å². The van der Waals surface area contributed by atoms with E-state index in [1.165, 1.54) is 6.33 Å². The lowest BCUT2D eigenvalue weighted by molar-refractivity contribution is -0.144. The molecule has 2 amide bonds. The van der Waals surface area contributed by atoms with E-state index in [1.54, 1.807) is 0 Å². The van der Waals surface area contributed by atoms with Crippen molar-refractivity contribution in [3.8, 4) is 0 Å². The van der Waals surface area contributed by atoms with Crippen LogP contribution in [0.1, 0.15) is 31.5 Å². The van der Waals surface area contributed by atoms with Gasteiger partial charge in [0.2, 0.25) is 0 Å². The standard InChI is InChI=1S/C12H19N5O3/c18-11(19)9-4-2-1-3-8(9)5-13-12(20)14-6-10-15-7-16-17-10/h7-9H,1-6H2,(H,18,19)(H2,13,14,20)(H,15,16,17). The minimum atomic E-state index is -0.765. The molecule has 1 heterocycles. The van der Waals surface area contributed by atoms with E-state index in [1.807, 2.05) is 0 Å². The summed E-state index contributed by atoms with van der Waals surface area (Å²) < 4.78 is 0. The van der Waals surface area contributed by atoms with E-state index >= 15 is 0 Å². The lowest BCUT2D eigenvalue weighted by Crippen LogP contribution is -2.41. The van der Waals surface area contributed by atoms with E-state index in [0.29, 0.717) is 18.8 Å². The highest BCUT2D eigenvalue weighted by Crippen LogP contribution is 2.29. The van der Waals surface area contributed by atoms with Crippen molar-refractivity contribution in [3.63, 3.8) is 0 Å². The van der Waals surface area contributed by atoms with Gasteiger partial charge in [0.25, 0.3) is 0 Å². The molecule has 4 N–H and O–H groups in total. The summed E-state index contributed by atoms with van der Waals surface area (Å²) in [6.07, 6.45) is 4.89. The Morgan fingerprint density at radius 3 is 2.85 bits per heavy atom. The Hall–Kier alpha value is -2.12. The Bertz CT molecular complexity index is 448. The van der Waals surface area contributed by atoms with Crippen molar-refractivity contribution in [3.05, 3.63) is 12.2 Å². The SMILES string of the molecule is O=C(NCc1ncn[nH]1)NCC1CCCCC1C(=O)O. The van der Waals surface area contributed by atoms with Gasteiger partial charge in [0, 0.05) is 6.54 Å². The van der Waals surface area contributed by atoms with Gasteiger partial charge in [-0.05, 0) is 18.8 Å². The second kappa shape index (κ2) is 6.88. The minimum Gasteiger partial charge on any atom is -0.481 e. The van der Waals surface area contributed by atoms with Crippen molar-refractivity contribution in [1.82, 2.24) is 25.8 Å². The Labute approximate surface area is 116 Å². The highest BCUT2D eigenvalue weighted by molar-refractivity contribution is 5.74. The van der Waals surface area contributed by atoms with Crippen molar-refractivity contribution in [2.24, 2.45) is 11.8 Å². The molecule has 2 unspecified atom stereocenters. The summed E-state index contributed by atoms with van der Waals surface area (Å²) in [4.78, 5) is 26.7. The Morgan fingerprint density at radius 2 is 2.15 bits per heavy atom. The normalized spacial score (nSPS) is 22.2. The van der Waals surface area contributed by atoms with E-state index < -0.39 is 5.97 Å². The van der Waals surface area contributed by atoms with Gasteiger partial charge in [0.15, 0.2) is 0 Å². The molecule has 0 aliphatic heterocycles. The van der Waals surface area contributed by atoms with E-state index in [4.69, 9.17) is 5.11 Å². The molecule has 8 heteroatoms. The quantitative estimate of drug-likeness (QED) is 0.626. The lowest BCUT2D eigenvalue weighted by Gasteiger charge is -2.28. The number of H-pyrrole nitrogens is 1. The Balaban J connectivity index is 1.72. The molecule has 1 aliphatic carbocycles. The van der Waals surface area contributed by atoms with Gasteiger partial charge in [-0.1, -0.05) is 12.8 Å². The molecule has 1 aromatic heterocycles. The maximum atomic E-state index is 11.6. The zero-order valence-electron chi connectivity index (χ0n) is 11.1. The average molecular weight is 281 g/mol. The topological polar surface area (TPSA) is 120 Å². The largest absolute Gasteiger partial charge is 0.481 e. The number of carbonyl (C=O) groups is 2. The van der Waals surface area contributed by atoms with Crippen LogP contribution >= 0.6 is 0 Å². The van der Waals surface area contributed by atoms with Gasteiger partial charge < -0.3 is 15.7 Å². The molecule has 1 aromatic rings. The molecule has 0 radical (unpaired) electrons. The second-order valence-corrected chi connectivity index (χ2v) is 4.99. The number of carbonyl (C=O) groups excluding carboxylic acids is 1. The molecule has 20 heavy (non-hydrogen) atoms. The lowest BCUT2D eigenvalue weighted by atomic mass is 9.79. The molecule has 110 valence electrons. The highest BCUT2D eigenvalue weighted by Gasteiger charge is 2.30. The van der Waals surface area contributed by atoms with Crippen LogP contribution in [0, 0.1) is 11.8 Å². The van der Waals surface area contributed by atoms with Crippen molar-refractivity contribution in [1.29, 1.82) is 0 Å². The van der Waals surface area contributed by atoms with Crippen LogP contribution in [-0.2, 0) is 11.3 Å². The third kappa shape index (κ3) is 3.94. The third-order valence-corrected chi connectivity index (χ3v) is 3.63. The van der Waals surface area contributed by atoms with E-state index in [2.05, 4.69) is 25.8 Å². The summed E-state index contributed by atoms with van der Waals surface area (Å²) in [7, 11) is 0. The number of urea groups is 1. The van der Waals surface area contributed by atoms with Gasteiger partial charge in [0.1, 0.15) is 12.2 Å². The molecule has 1 fully saturated rings. The summed E-state index contributed by atoms with van der Waals surface area (Å²) in [6.45, 7) is 0.651. The molecule has 0 spiro atoms. The summed E-state index contributed by atoms with van der Waals surface area (Å²) in [5.41, 5.74) is 0. The predicted molar refractivity (Wildman–Crippen MR) is 69.7 cm³/mol. The maximum Gasteiger partial charge on any atom is 0.315 e. The van der Waals surface area contributed by atoms with Crippen LogP contribution in [0.15, 0.2) is 6.33 Å². The van der Waals surface area contributed by atoms with Gasteiger partial charge in [0.05, 0.1) is 12.5 Å². The zero-order valence-corrected chi connectivity index (χ0v) is 11.1. The number of hydrogen-bond donors (Lipinski definition) is 4. The molecule has 0 saturated heterocycles. The van der Waals surface area contributed by atoms with Crippen LogP contribution in [0.25, 0.3) is 0 Å². The van der Waals surface area contributed by atoms with Gasteiger partial charge >= 0.3 is 12.0 Å². The Morgan fingerprint density at radius 1 is 1.35 bits per heavy atom. The summed E-state index contributed by atoms with van der Waals surface area (Å²) in [5, 5.41) is 20.8. The average Bonchev–Trinajstić information content (AvgIpc) is 2.96. The number of hydrogen-bond acceptors (Lipinski definition) is 4. The van der Waals surface area contributed by atoms with Crippen LogP contribution in [-0.4, -0.2) is 38.8 Å². The number of nitrogens with one attached hydrogen (secondary N) is 3. The highest BCUT2D eigenvalue weighted by atomic mass is 16.4. The van der Waals surface area contributed by atoms with Gasteiger partial charge in [-0.3, -0.25) is 9.89 Å². The Kier molecular flexibility index (Phi) is 4.91. The number of aliphatic carboxylic acids is 1. The summed E-state index contributed by atoms with van der Waals surface area (Å²) >= 11 is 0. The fourth-order valence-corrected chi connectivity index (χ4v) is 2.54. The van der Waals surface area contributed by atoms with Gasteiger partial charge in [-0.25, -0.2) is 9.78 Å². The van der Waals surface area contributed by atoms with Crippen LogP contribution in [0.5, 0.6) is 0 Å². The molecule has 1 aliphatic rings. The van der Waals surface area contributed by atoms with Gasteiger partial charge in [-0.2, -0.15) is 5.10 Å². The zero-order chi connectivity index (χ0) is 14.4. The summed E-state index contributed by atoms with van der Waals surface area (Å²) in [5.74, 6) is -0.532.